The Labute approximate surface area is 109 Å². The van der Waals surface area contributed by atoms with E-state index in [0.717, 1.165) is 11.3 Å². The van der Waals surface area contributed by atoms with Crippen molar-refractivity contribution in [3.63, 3.8) is 0 Å². The zero-order chi connectivity index (χ0) is 13.4. The normalized spacial score (nSPS) is 11.1. The molecule has 0 radical (unpaired) electrons. The monoisotopic (exact) mass is 254 g/mol. The zero-order valence-electron chi connectivity index (χ0n) is 10.8. The van der Waals surface area contributed by atoms with E-state index in [-0.39, 0.29) is 5.56 Å². The lowest BCUT2D eigenvalue weighted by atomic mass is 10.1. The van der Waals surface area contributed by atoms with Crippen molar-refractivity contribution in [1.82, 2.24) is 19.7 Å². The van der Waals surface area contributed by atoms with Crippen LogP contribution in [0.2, 0.25) is 0 Å². The number of H-pyrrole nitrogens is 1. The van der Waals surface area contributed by atoms with Crippen LogP contribution in [0.15, 0.2) is 35.4 Å². The Hall–Kier alpha value is -2.43. The summed E-state index contributed by atoms with van der Waals surface area (Å²) in [5, 5.41) is 6.80. The van der Waals surface area contributed by atoms with E-state index in [2.05, 4.69) is 15.2 Å². The molecule has 0 aliphatic rings. The maximum Gasteiger partial charge on any atom is 0.282 e. The molecule has 0 spiro atoms. The lowest BCUT2D eigenvalue weighted by molar-refractivity contribution is 0.746. The number of fused-ring (bicyclic) bond motifs is 1. The number of rotatable bonds is 2. The van der Waals surface area contributed by atoms with Crippen molar-refractivity contribution >= 4 is 11.0 Å². The molecule has 0 saturated heterocycles. The van der Waals surface area contributed by atoms with E-state index in [9.17, 15) is 4.79 Å². The summed E-state index contributed by atoms with van der Waals surface area (Å²) in [4.78, 5) is 16.5. The van der Waals surface area contributed by atoms with Gasteiger partial charge >= 0.3 is 0 Å². The molecule has 1 aromatic carbocycles. The Morgan fingerprint density at radius 2 is 1.89 bits per heavy atom. The van der Waals surface area contributed by atoms with Crippen LogP contribution < -0.4 is 5.56 Å². The predicted octanol–water partition coefficient (Wildman–Crippen LogP) is 1.78. The summed E-state index contributed by atoms with van der Waals surface area (Å²) in [7, 11) is 0. The van der Waals surface area contributed by atoms with E-state index in [1.54, 1.807) is 10.9 Å². The second-order valence-electron chi connectivity index (χ2n) is 4.71. The highest BCUT2D eigenvalue weighted by Crippen LogP contribution is 2.08. The average molecular weight is 254 g/mol. The molecule has 0 fully saturated rings. The van der Waals surface area contributed by atoms with Crippen molar-refractivity contribution in [1.29, 1.82) is 0 Å². The summed E-state index contributed by atoms with van der Waals surface area (Å²) < 4.78 is 1.58. The van der Waals surface area contributed by atoms with Gasteiger partial charge in [-0.15, -0.1) is 0 Å². The first-order valence-electron chi connectivity index (χ1n) is 6.11. The van der Waals surface area contributed by atoms with Crippen molar-refractivity contribution in [2.45, 2.75) is 20.4 Å². The third-order valence-electron chi connectivity index (χ3n) is 3.18. The Bertz CT molecular complexity index is 783. The van der Waals surface area contributed by atoms with Gasteiger partial charge in [0.05, 0.1) is 18.6 Å². The molecule has 0 atom stereocenters. The highest BCUT2D eigenvalue weighted by atomic mass is 16.1. The van der Waals surface area contributed by atoms with Crippen LogP contribution in [-0.2, 0) is 6.54 Å². The number of nitrogens with zero attached hydrogens (tertiary/aromatic N) is 3. The molecular weight excluding hydrogens is 240 g/mol. The smallest absolute Gasteiger partial charge is 0.282 e. The van der Waals surface area contributed by atoms with Crippen LogP contribution in [0.1, 0.15) is 16.8 Å². The Morgan fingerprint density at radius 1 is 1.16 bits per heavy atom. The molecule has 3 aromatic rings. The molecule has 5 nitrogen and oxygen atoms in total. The van der Waals surface area contributed by atoms with E-state index in [1.165, 1.54) is 5.56 Å². The molecule has 19 heavy (non-hydrogen) atoms. The van der Waals surface area contributed by atoms with Crippen LogP contribution in [0.25, 0.3) is 11.0 Å². The van der Waals surface area contributed by atoms with Crippen LogP contribution in [0.5, 0.6) is 0 Å². The minimum Gasteiger partial charge on any atom is -0.293 e. The molecule has 1 N–H and O–H groups in total. The Kier molecular flexibility index (Phi) is 2.67. The van der Waals surface area contributed by atoms with Gasteiger partial charge in [-0.05, 0) is 19.4 Å². The molecule has 0 amide bonds. The van der Waals surface area contributed by atoms with Gasteiger partial charge in [0.25, 0.3) is 5.56 Å². The highest BCUT2D eigenvalue weighted by Gasteiger charge is 2.09. The van der Waals surface area contributed by atoms with E-state index in [0.29, 0.717) is 17.6 Å². The van der Waals surface area contributed by atoms with Gasteiger partial charge in [-0.25, -0.2) is 4.98 Å². The fourth-order valence-corrected chi connectivity index (χ4v) is 2.05. The van der Waals surface area contributed by atoms with Crippen molar-refractivity contribution in [2.75, 3.05) is 0 Å². The molecule has 5 heteroatoms. The van der Waals surface area contributed by atoms with E-state index in [4.69, 9.17) is 0 Å². The van der Waals surface area contributed by atoms with E-state index >= 15 is 0 Å². The fourth-order valence-electron chi connectivity index (χ4n) is 2.05. The standard InChI is InChI=1S/C14H14N4O/c1-9-3-5-11(6-4-9)7-18-8-15-12-10(2)16-17-13(12)14(18)19/h3-6,8H,7H2,1-2H3,(H,16,17). The van der Waals surface area contributed by atoms with Crippen LogP contribution >= 0.6 is 0 Å². The summed E-state index contributed by atoms with van der Waals surface area (Å²) in [5.74, 6) is 0. The van der Waals surface area contributed by atoms with Gasteiger partial charge in [-0.1, -0.05) is 29.8 Å². The average Bonchev–Trinajstić information content (AvgIpc) is 2.78. The summed E-state index contributed by atoms with van der Waals surface area (Å²) in [6.07, 6.45) is 1.58. The maximum atomic E-state index is 12.3. The van der Waals surface area contributed by atoms with Gasteiger partial charge in [0, 0.05) is 0 Å². The lowest BCUT2D eigenvalue weighted by Crippen LogP contribution is -2.21. The minimum atomic E-state index is -0.116. The number of aromatic amines is 1. The molecule has 2 aromatic heterocycles. The van der Waals surface area contributed by atoms with Gasteiger partial charge in [0.2, 0.25) is 0 Å². The molecule has 96 valence electrons. The van der Waals surface area contributed by atoms with Gasteiger partial charge in [-0.2, -0.15) is 5.10 Å². The summed E-state index contributed by atoms with van der Waals surface area (Å²) in [6, 6.07) is 8.10. The lowest BCUT2D eigenvalue weighted by Gasteiger charge is -2.05. The first-order valence-corrected chi connectivity index (χ1v) is 6.11. The van der Waals surface area contributed by atoms with Crippen LogP contribution in [0.3, 0.4) is 0 Å². The third kappa shape index (κ3) is 2.03. The number of benzene rings is 1. The van der Waals surface area contributed by atoms with E-state index in [1.807, 2.05) is 38.1 Å². The van der Waals surface area contributed by atoms with Crippen molar-refractivity contribution in [2.24, 2.45) is 0 Å². The largest absolute Gasteiger partial charge is 0.293 e. The summed E-state index contributed by atoms with van der Waals surface area (Å²) in [5.41, 5.74) is 4.01. The van der Waals surface area contributed by atoms with Crippen LogP contribution in [0.4, 0.5) is 0 Å². The van der Waals surface area contributed by atoms with Crippen molar-refractivity contribution in [3.8, 4) is 0 Å². The first kappa shape index (κ1) is 11.6. The summed E-state index contributed by atoms with van der Waals surface area (Å²) in [6.45, 7) is 4.40. The van der Waals surface area contributed by atoms with Gasteiger partial charge in [-0.3, -0.25) is 14.5 Å². The second kappa shape index (κ2) is 4.35. The first-order chi connectivity index (χ1) is 9.15. The Morgan fingerprint density at radius 3 is 2.63 bits per heavy atom. The number of aryl methyl sites for hydroxylation is 2. The second-order valence-corrected chi connectivity index (χ2v) is 4.71. The molecule has 0 unspecified atom stereocenters. The van der Waals surface area contributed by atoms with Crippen molar-refractivity contribution < 1.29 is 0 Å². The molecule has 3 rings (SSSR count). The Balaban J connectivity index is 2.04. The highest BCUT2D eigenvalue weighted by molar-refractivity contribution is 5.75. The molecule has 0 aliphatic heterocycles. The maximum absolute atomic E-state index is 12.3. The zero-order valence-corrected chi connectivity index (χ0v) is 10.8. The fraction of sp³-hybridized carbons (Fsp3) is 0.214. The quantitative estimate of drug-likeness (QED) is 0.758. The minimum absolute atomic E-state index is 0.116. The number of hydrogen-bond donors (Lipinski definition) is 1. The van der Waals surface area contributed by atoms with Gasteiger partial charge < -0.3 is 0 Å². The number of hydrogen-bond acceptors (Lipinski definition) is 3. The van der Waals surface area contributed by atoms with Gasteiger partial charge in [0.1, 0.15) is 5.52 Å². The van der Waals surface area contributed by atoms with Crippen molar-refractivity contribution in [3.05, 3.63) is 57.8 Å². The number of nitrogens with one attached hydrogen (secondary N) is 1. The number of aromatic nitrogens is 4. The van der Waals surface area contributed by atoms with Crippen LogP contribution in [-0.4, -0.2) is 19.7 Å². The third-order valence-corrected chi connectivity index (χ3v) is 3.18. The molecule has 0 saturated carbocycles. The molecule has 0 bridgehead atoms. The van der Waals surface area contributed by atoms with Gasteiger partial charge in [0.15, 0.2) is 5.52 Å². The van der Waals surface area contributed by atoms with Crippen LogP contribution in [0, 0.1) is 13.8 Å². The van der Waals surface area contributed by atoms with E-state index < -0.39 is 0 Å². The SMILES string of the molecule is Cc1ccc(Cn2cnc3c(C)[nH]nc3c2=O)cc1. The topological polar surface area (TPSA) is 63.6 Å². The summed E-state index contributed by atoms with van der Waals surface area (Å²) >= 11 is 0. The predicted molar refractivity (Wildman–Crippen MR) is 73.2 cm³/mol. The molecule has 0 aliphatic carbocycles. The molecule has 2 heterocycles. The molecular formula is C14H14N4O.